The fourth-order valence-corrected chi connectivity index (χ4v) is 4.45. The van der Waals surface area contributed by atoms with Gasteiger partial charge in [-0.05, 0) is 42.5 Å². The minimum Gasteiger partial charge on any atom is -0.484 e. The highest BCUT2D eigenvalue weighted by Gasteiger charge is 2.28. The van der Waals surface area contributed by atoms with Crippen LogP contribution in [0.25, 0.3) is 10.2 Å². The Bertz CT molecular complexity index is 1020. The largest absolute Gasteiger partial charge is 0.484 e. The highest BCUT2D eigenvalue weighted by molar-refractivity contribution is 7.18. The van der Waals surface area contributed by atoms with Gasteiger partial charge in [0.1, 0.15) is 10.6 Å². The summed E-state index contributed by atoms with van der Waals surface area (Å²) in [6.07, 6.45) is 0.0657. The van der Waals surface area contributed by atoms with Crippen LogP contribution in [0.3, 0.4) is 0 Å². The Labute approximate surface area is 150 Å². The predicted octanol–water partition coefficient (Wildman–Crippen LogP) is 3.94. The lowest BCUT2D eigenvalue weighted by atomic mass is 10.2. The van der Waals surface area contributed by atoms with Gasteiger partial charge < -0.3 is 4.74 Å². The van der Waals surface area contributed by atoms with Gasteiger partial charge in [0.25, 0.3) is 5.56 Å². The van der Waals surface area contributed by atoms with Crippen molar-refractivity contribution < 1.29 is 17.9 Å². The Morgan fingerprint density at radius 1 is 1.27 bits per heavy atom. The van der Waals surface area contributed by atoms with E-state index >= 15 is 0 Å². The second-order valence-corrected chi connectivity index (χ2v) is 7.35. The van der Waals surface area contributed by atoms with E-state index < -0.39 is 12.8 Å². The molecule has 8 heteroatoms. The van der Waals surface area contributed by atoms with E-state index in [9.17, 15) is 18.0 Å². The Balaban J connectivity index is 1.61. The zero-order valence-electron chi connectivity index (χ0n) is 13.7. The summed E-state index contributed by atoms with van der Waals surface area (Å²) in [7, 11) is 0. The molecule has 4 rings (SSSR count). The van der Waals surface area contributed by atoms with Crippen molar-refractivity contribution in [2.75, 3.05) is 6.61 Å². The summed E-state index contributed by atoms with van der Waals surface area (Å²) in [6, 6.07) is 6.33. The van der Waals surface area contributed by atoms with Crippen LogP contribution in [0.1, 0.15) is 22.4 Å². The number of ether oxygens (including phenoxy) is 1. The maximum absolute atomic E-state index is 12.8. The zero-order valence-corrected chi connectivity index (χ0v) is 14.5. The van der Waals surface area contributed by atoms with Gasteiger partial charge in [0.2, 0.25) is 0 Å². The van der Waals surface area contributed by atoms with Crippen LogP contribution in [-0.4, -0.2) is 22.3 Å². The molecule has 2 heterocycles. The summed E-state index contributed by atoms with van der Waals surface area (Å²) < 4.78 is 43.1. The fourth-order valence-electron chi connectivity index (χ4n) is 3.23. The lowest BCUT2D eigenvalue weighted by molar-refractivity contribution is -0.153. The molecule has 0 aliphatic heterocycles. The molecule has 26 heavy (non-hydrogen) atoms. The van der Waals surface area contributed by atoms with Crippen molar-refractivity contribution in [1.29, 1.82) is 0 Å². The number of hydrogen-bond acceptors (Lipinski definition) is 4. The number of benzene rings is 1. The normalized spacial score (nSPS) is 14.0. The number of fused-ring (bicyclic) bond motifs is 3. The second kappa shape index (κ2) is 6.42. The van der Waals surface area contributed by atoms with Gasteiger partial charge in [-0.2, -0.15) is 13.2 Å². The molecule has 0 spiro atoms. The molecule has 0 amide bonds. The van der Waals surface area contributed by atoms with Crippen molar-refractivity contribution in [3.8, 4) is 5.75 Å². The van der Waals surface area contributed by atoms with Crippen LogP contribution in [-0.2, 0) is 19.4 Å². The van der Waals surface area contributed by atoms with Crippen LogP contribution in [0, 0.1) is 0 Å². The number of aryl methyl sites for hydroxylation is 2. The average molecular weight is 380 g/mol. The molecule has 136 valence electrons. The van der Waals surface area contributed by atoms with Crippen molar-refractivity contribution in [2.45, 2.75) is 32.0 Å². The van der Waals surface area contributed by atoms with E-state index in [-0.39, 0.29) is 17.9 Å². The quantitative estimate of drug-likeness (QED) is 0.689. The topological polar surface area (TPSA) is 44.1 Å². The first kappa shape index (κ1) is 17.1. The summed E-state index contributed by atoms with van der Waals surface area (Å²) in [5, 5.41) is 0.689. The van der Waals surface area contributed by atoms with Crippen LogP contribution in [0.4, 0.5) is 13.2 Å². The lowest BCUT2D eigenvalue weighted by Crippen LogP contribution is -2.21. The van der Waals surface area contributed by atoms with Crippen LogP contribution >= 0.6 is 11.3 Å². The molecule has 1 aliphatic carbocycles. The van der Waals surface area contributed by atoms with Crippen molar-refractivity contribution in [3.63, 3.8) is 0 Å². The monoisotopic (exact) mass is 380 g/mol. The van der Waals surface area contributed by atoms with Crippen LogP contribution < -0.4 is 10.3 Å². The number of nitrogens with zero attached hydrogens (tertiary/aromatic N) is 2. The highest BCUT2D eigenvalue weighted by Crippen LogP contribution is 2.34. The van der Waals surface area contributed by atoms with Crippen LogP contribution in [0.15, 0.2) is 35.4 Å². The molecule has 0 atom stereocenters. The van der Waals surface area contributed by atoms with Gasteiger partial charge in [0.15, 0.2) is 6.61 Å². The minimum atomic E-state index is -4.39. The molecule has 0 radical (unpaired) electrons. The third-order valence-electron chi connectivity index (χ3n) is 4.35. The molecule has 4 nitrogen and oxygen atoms in total. The number of halogens is 3. The zero-order chi connectivity index (χ0) is 18.3. The molecule has 2 aromatic heterocycles. The summed E-state index contributed by atoms with van der Waals surface area (Å²) in [5.74, 6) is 0.123. The van der Waals surface area contributed by atoms with Crippen molar-refractivity contribution >= 4 is 21.6 Å². The molecule has 0 saturated carbocycles. The summed E-state index contributed by atoms with van der Waals surface area (Å²) in [4.78, 5) is 19.2. The minimum absolute atomic E-state index is 0.101. The Kier molecular flexibility index (Phi) is 4.22. The molecule has 0 unspecified atom stereocenters. The standard InChI is InChI=1S/C18H15F3N2O2S/c19-18(20,21)9-25-12-4-1-3-11(7-12)8-23-10-22-16-15(17(23)24)13-5-2-6-14(13)26-16/h1,3-4,7,10H,2,5-6,8-9H2. The molecule has 1 aliphatic rings. The Morgan fingerprint density at radius 3 is 2.92 bits per heavy atom. The number of aromatic nitrogens is 2. The van der Waals surface area contributed by atoms with Gasteiger partial charge in [-0.25, -0.2) is 4.98 Å². The number of rotatable bonds is 4. The van der Waals surface area contributed by atoms with Gasteiger partial charge in [-0.3, -0.25) is 9.36 Å². The van der Waals surface area contributed by atoms with E-state index in [0.717, 1.165) is 29.7 Å². The van der Waals surface area contributed by atoms with Crippen molar-refractivity contribution in [2.24, 2.45) is 0 Å². The summed E-state index contributed by atoms with van der Waals surface area (Å²) >= 11 is 1.58. The number of thiophene rings is 1. The first-order chi connectivity index (χ1) is 12.4. The first-order valence-electron chi connectivity index (χ1n) is 8.19. The fraction of sp³-hybridized carbons (Fsp3) is 0.333. The summed E-state index contributed by atoms with van der Waals surface area (Å²) in [5.41, 5.74) is 1.69. The number of hydrogen-bond donors (Lipinski definition) is 0. The van der Waals surface area contributed by atoms with E-state index in [2.05, 4.69) is 4.98 Å². The maximum Gasteiger partial charge on any atom is 0.422 e. The average Bonchev–Trinajstić information content (AvgIpc) is 3.16. The molecular formula is C18H15F3N2O2S. The predicted molar refractivity (Wildman–Crippen MR) is 93.0 cm³/mol. The van der Waals surface area contributed by atoms with Gasteiger partial charge in [-0.1, -0.05) is 12.1 Å². The smallest absolute Gasteiger partial charge is 0.422 e. The summed E-state index contributed by atoms with van der Waals surface area (Å²) in [6.45, 7) is -1.11. The van der Waals surface area contributed by atoms with Crippen molar-refractivity contribution in [1.82, 2.24) is 9.55 Å². The molecule has 1 aromatic carbocycles. The molecule has 0 bridgehead atoms. The molecule has 3 aromatic rings. The second-order valence-electron chi connectivity index (χ2n) is 6.27. The third kappa shape index (κ3) is 3.33. The van der Waals surface area contributed by atoms with Gasteiger partial charge in [-0.15, -0.1) is 11.3 Å². The SMILES string of the molecule is O=c1c2c3c(sc2ncn1Cc1cccc(OCC(F)(F)F)c1)CCC3. The van der Waals surface area contributed by atoms with E-state index in [1.165, 1.54) is 27.9 Å². The van der Waals surface area contributed by atoms with Crippen molar-refractivity contribution in [3.05, 3.63) is 57.0 Å². The Morgan fingerprint density at radius 2 is 2.12 bits per heavy atom. The third-order valence-corrected chi connectivity index (χ3v) is 5.55. The maximum atomic E-state index is 12.8. The van der Waals surface area contributed by atoms with E-state index in [1.807, 2.05) is 0 Å². The lowest BCUT2D eigenvalue weighted by Gasteiger charge is -2.11. The van der Waals surface area contributed by atoms with Crippen LogP contribution in [0.5, 0.6) is 5.75 Å². The van der Waals surface area contributed by atoms with Gasteiger partial charge in [0, 0.05) is 4.88 Å². The molecule has 0 saturated heterocycles. The molecule has 0 fully saturated rings. The highest BCUT2D eigenvalue weighted by atomic mass is 32.1. The van der Waals surface area contributed by atoms with E-state index in [1.54, 1.807) is 23.5 Å². The van der Waals surface area contributed by atoms with Crippen LogP contribution in [0.2, 0.25) is 0 Å². The van der Waals surface area contributed by atoms with E-state index in [4.69, 9.17) is 4.74 Å². The number of alkyl halides is 3. The van der Waals surface area contributed by atoms with Gasteiger partial charge >= 0.3 is 6.18 Å². The van der Waals surface area contributed by atoms with E-state index in [0.29, 0.717) is 10.9 Å². The van der Waals surface area contributed by atoms with Gasteiger partial charge in [0.05, 0.1) is 18.3 Å². The first-order valence-corrected chi connectivity index (χ1v) is 9.00. The molecular weight excluding hydrogens is 365 g/mol. The molecule has 0 N–H and O–H groups in total. The Hall–Kier alpha value is -2.35.